The molecule has 1 aliphatic rings. The third-order valence-electron chi connectivity index (χ3n) is 1.59. The predicted molar refractivity (Wildman–Crippen MR) is 43.2 cm³/mol. The summed E-state index contributed by atoms with van der Waals surface area (Å²) in [5.74, 6) is 0.316. The lowest BCUT2D eigenvalue weighted by Crippen LogP contribution is -2.00. The highest BCUT2D eigenvalue weighted by atomic mass is 19.1. The van der Waals surface area contributed by atoms with Gasteiger partial charge in [0.2, 0.25) is 5.90 Å². The van der Waals surface area contributed by atoms with Crippen LogP contribution in [0.2, 0.25) is 0 Å². The molecule has 0 N–H and O–H groups in total. The topological polar surface area (TPSA) is 21.6 Å². The Labute approximate surface area is 69.7 Å². The van der Waals surface area contributed by atoms with Crippen LogP contribution in [0.15, 0.2) is 29.3 Å². The highest BCUT2D eigenvalue weighted by molar-refractivity contribution is 5.95. The van der Waals surface area contributed by atoms with Crippen LogP contribution in [-0.2, 0) is 4.74 Å². The first-order chi connectivity index (χ1) is 5.86. The van der Waals surface area contributed by atoms with Gasteiger partial charge in [0.15, 0.2) is 0 Å². The van der Waals surface area contributed by atoms with E-state index in [9.17, 15) is 4.39 Å². The van der Waals surface area contributed by atoms with E-state index in [2.05, 4.69) is 4.99 Å². The van der Waals surface area contributed by atoms with Crippen molar-refractivity contribution >= 4 is 5.90 Å². The standard InChI is InChI=1S/C9H7FNO/c10-8-3-1-7(2-4-8)9-11-5-6-12-9/h1-5H,6H2. The summed E-state index contributed by atoms with van der Waals surface area (Å²) in [7, 11) is 0. The smallest absolute Gasteiger partial charge is 0.216 e. The largest absolute Gasteiger partial charge is 0.475 e. The first kappa shape index (κ1) is 7.28. The number of halogens is 1. The molecule has 0 aliphatic carbocycles. The lowest BCUT2D eigenvalue weighted by Gasteiger charge is -1.99. The van der Waals surface area contributed by atoms with E-state index in [0.717, 1.165) is 5.56 Å². The minimum absolute atomic E-state index is 0.249. The number of benzene rings is 1. The fraction of sp³-hybridized carbons (Fsp3) is 0.111. The van der Waals surface area contributed by atoms with Crippen molar-refractivity contribution in [1.29, 1.82) is 0 Å². The van der Waals surface area contributed by atoms with E-state index in [4.69, 9.17) is 4.74 Å². The minimum atomic E-state index is -0.249. The normalized spacial score (nSPS) is 15.6. The van der Waals surface area contributed by atoms with Gasteiger partial charge < -0.3 is 4.74 Å². The maximum atomic E-state index is 12.5. The van der Waals surface area contributed by atoms with Crippen LogP contribution in [0.25, 0.3) is 0 Å². The number of hydrogen-bond donors (Lipinski definition) is 0. The van der Waals surface area contributed by atoms with Gasteiger partial charge in [0.1, 0.15) is 19.0 Å². The summed E-state index contributed by atoms with van der Waals surface area (Å²) in [4.78, 5) is 3.98. The van der Waals surface area contributed by atoms with Crippen molar-refractivity contribution in [2.45, 2.75) is 0 Å². The second kappa shape index (κ2) is 2.93. The van der Waals surface area contributed by atoms with Gasteiger partial charge in [-0.05, 0) is 24.3 Å². The Morgan fingerprint density at radius 3 is 2.58 bits per heavy atom. The van der Waals surface area contributed by atoms with Crippen molar-refractivity contribution in [1.82, 2.24) is 0 Å². The summed E-state index contributed by atoms with van der Waals surface area (Å²) in [6.07, 6.45) is 0. The van der Waals surface area contributed by atoms with Crippen LogP contribution < -0.4 is 0 Å². The van der Waals surface area contributed by atoms with Gasteiger partial charge >= 0.3 is 0 Å². The van der Waals surface area contributed by atoms with Crippen molar-refractivity contribution in [3.05, 3.63) is 42.2 Å². The molecule has 61 valence electrons. The molecule has 1 aromatic carbocycles. The number of ether oxygens (including phenoxy) is 1. The van der Waals surface area contributed by atoms with Crippen LogP contribution in [0.1, 0.15) is 5.56 Å². The SMILES string of the molecule is Fc1ccc(C2=N[CH]CO2)cc1. The third-order valence-corrected chi connectivity index (χ3v) is 1.59. The maximum Gasteiger partial charge on any atom is 0.216 e. The number of nitrogens with zero attached hydrogens (tertiary/aromatic N) is 1. The van der Waals surface area contributed by atoms with E-state index < -0.39 is 0 Å². The van der Waals surface area contributed by atoms with Gasteiger partial charge in [-0.15, -0.1) is 0 Å². The van der Waals surface area contributed by atoms with Crippen molar-refractivity contribution in [3.63, 3.8) is 0 Å². The minimum Gasteiger partial charge on any atom is -0.475 e. The molecular weight excluding hydrogens is 157 g/mol. The molecule has 1 aromatic rings. The molecule has 0 fully saturated rings. The molecule has 12 heavy (non-hydrogen) atoms. The monoisotopic (exact) mass is 164 g/mol. The lowest BCUT2D eigenvalue weighted by molar-refractivity contribution is 0.362. The molecule has 0 saturated heterocycles. The molecule has 1 radical (unpaired) electrons. The Morgan fingerprint density at radius 1 is 1.25 bits per heavy atom. The molecule has 0 atom stereocenters. The number of rotatable bonds is 1. The van der Waals surface area contributed by atoms with Crippen LogP contribution >= 0.6 is 0 Å². The van der Waals surface area contributed by atoms with Gasteiger partial charge in [0.05, 0.1) is 0 Å². The van der Waals surface area contributed by atoms with Crippen molar-refractivity contribution < 1.29 is 9.13 Å². The molecule has 0 aromatic heterocycles. The number of hydrogen-bond acceptors (Lipinski definition) is 2. The van der Waals surface area contributed by atoms with E-state index in [1.165, 1.54) is 12.1 Å². The molecule has 0 spiro atoms. The van der Waals surface area contributed by atoms with Crippen LogP contribution in [0.4, 0.5) is 4.39 Å². The Balaban J connectivity index is 2.28. The van der Waals surface area contributed by atoms with E-state index in [-0.39, 0.29) is 5.82 Å². The zero-order valence-electron chi connectivity index (χ0n) is 6.33. The average Bonchev–Trinajstić information content (AvgIpc) is 2.58. The van der Waals surface area contributed by atoms with Crippen LogP contribution in [0.5, 0.6) is 0 Å². The fourth-order valence-corrected chi connectivity index (χ4v) is 1.02. The van der Waals surface area contributed by atoms with Gasteiger partial charge in [0.25, 0.3) is 0 Å². The van der Waals surface area contributed by atoms with E-state index >= 15 is 0 Å². The van der Waals surface area contributed by atoms with Gasteiger partial charge in [-0.1, -0.05) is 0 Å². The second-order valence-corrected chi connectivity index (χ2v) is 2.43. The van der Waals surface area contributed by atoms with Gasteiger partial charge in [-0.3, -0.25) is 0 Å². The molecule has 0 bridgehead atoms. The lowest BCUT2D eigenvalue weighted by atomic mass is 10.2. The van der Waals surface area contributed by atoms with Gasteiger partial charge in [-0.2, -0.15) is 0 Å². The molecule has 0 amide bonds. The zero-order valence-corrected chi connectivity index (χ0v) is 6.33. The predicted octanol–water partition coefficient (Wildman–Crippen LogP) is 1.76. The first-order valence-corrected chi connectivity index (χ1v) is 3.64. The van der Waals surface area contributed by atoms with Crippen LogP contribution in [0.3, 0.4) is 0 Å². The summed E-state index contributed by atoms with van der Waals surface area (Å²) >= 11 is 0. The quantitative estimate of drug-likeness (QED) is 0.619. The highest BCUT2D eigenvalue weighted by Crippen LogP contribution is 2.09. The summed E-state index contributed by atoms with van der Waals surface area (Å²) in [6.45, 7) is 2.19. The van der Waals surface area contributed by atoms with Crippen molar-refractivity contribution in [2.75, 3.05) is 6.61 Å². The van der Waals surface area contributed by atoms with Crippen molar-refractivity contribution in [3.8, 4) is 0 Å². The summed E-state index contributed by atoms with van der Waals surface area (Å²) < 4.78 is 17.6. The van der Waals surface area contributed by atoms with E-state index in [1.54, 1.807) is 18.7 Å². The molecule has 0 unspecified atom stereocenters. The molecule has 3 heteroatoms. The second-order valence-electron chi connectivity index (χ2n) is 2.43. The fourth-order valence-electron chi connectivity index (χ4n) is 1.02. The van der Waals surface area contributed by atoms with Gasteiger partial charge in [-0.25, -0.2) is 9.38 Å². The molecule has 2 rings (SSSR count). The molecule has 1 heterocycles. The average molecular weight is 164 g/mol. The van der Waals surface area contributed by atoms with Crippen LogP contribution in [0, 0.1) is 12.4 Å². The third kappa shape index (κ3) is 1.30. The maximum absolute atomic E-state index is 12.5. The van der Waals surface area contributed by atoms with Gasteiger partial charge in [0, 0.05) is 5.56 Å². The number of aliphatic imine (C=N–C) groups is 1. The van der Waals surface area contributed by atoms with E-state index in [1.807, 2.05) is 0 Å². The molecule has 2 nitrogen and oxygen atoms in total. The van der Waals surface area contributed by atoms with Crippen LogP contribution in [-0.4, -0.2) is 12.5 Å². The zero-order chi connectivity index (χ0) is 8.39. The molecular formula is C9H7FNO. The first-order valence-electron chi connectivity index (χ1n) is 3.64. The summed E-state index contributed by atoms with van der Waals surface area (Å²) in [6, 6.07) is 6.07. The Hall–Kier alpha value is -1.38. The Kier molecular flexibility index (Phi) is 1.78. The molecule has 1 aliphatic heterocycles. The van der Waals surface area contributed by atoms with E-state index in [0.29, 0.717) is 12.5 Å². The Bertz CT molecular complexity index is 305. The highest BCUT2D eigenvalue weighted by Gasteiger charge is 2.09. The summed E-state index contributed by atoms with van der Waals surface area (Å²) in [5, 5.41) is 0. The summed E-state index contributed by atoms with van der Waals surface area (Å²) in [5.41, 5.74) is 0.810. The van der Waals surface area contributed by atoms with Crippen molar-refractivity contribution in [2.24, 2.45) is 4.99 Å². The Morgan fingerprint density at radius 2 is 2.00 bits per heavy atom. The molecule has 0 saturated carbocycles.